The standard InChI is InChI=1S/C15H16F3NS/c1-11(19-8-6-12-7-9-20-10-12)13-4-2-3-5-14(13)15(16,17)18/h2-5,7,9-11,19H,6,8H2,1H3. The predicted molar refractivity (Wildman–Crippen MR) is 75.9 cm³/mol. The van der Waals surface area contributed by atoms with Crippen LogP contribution in [0.3, 0.4) is 0 Å². The van der Waals surface area contributed by atoms with Crippen LogP contribution in [0.4, 0.5) is 13.2 Å². The van der Waals surface area contributed by atoms with Gasteiger partial charge in [-0.25, -0.2) is 0 Å². The zero-order valence-corrected chi connectivity index (χ0v) is 11.9. The summed E-state index contributed by atoms with van der Waals surface area (Å²) < 4.78 is 38.8. The number of rotatable bonds is 5. The third-order valence-corrected chi connectivity index (χ3v) is 3.91. The molecule has 1 N–H and O–H groups in total. The highest BCUT2D eigenvalue weighted by Crippen LogP contribution is 2.34. The fourth-order valence-electron chi connectivity index (χ4n) is 2.11. The second-order valence-corrected chi connectivity index (χ2v) is 5.42. The molecule has 0 aliphatic carbocycles. The Labute approximate surface area is 120 Å². The van der Waals surface area contributed by atoms with Crippen molar-refractivity contribution in [3.05, 3.63) is 57.8 Å². The summed E-state index contributed by atoms with van der Waals surface area (Å²) in [5.74, 6) is 0. The van der Waals surface area contributed by atoms with Gasteiger partial charge >= 0.3 is 6.18 Å². The molecule has 20 heavy (non-hydrogen) atoms. The molecule has 0 amide bonds. The van der Waals surface area contributed by atoms with Crippen LogP contribution in [0.5, 0.6) is 0 Å². The first-order chi connectivity index (χ1) is 9.48. The number of benzene rings is 1. The Kier molecular flexibility index (Phi) is 4.83. The molecular formula is C15H16F3NS. The van der Waals surface area contributed by atoms with Crippen molar-refractivity contribution in [1.82, 2.24) is 5.32 Å². The van der Waals surface area contributed by atoms with E-state index in [-0.39, 0.29) is 6.04 Å². The van der Waals surface area contributed by atoms with Crippen molar-refractivity contribution >= 4 is 11.3 Å². The lowest BCUT2D eigenvalue weighted by Crippen LogP contribution is -2.24. The van der Waals surface area contributed by atoms with E-state index < -0.39 is 11.7 Å². The van der Waals surface area contributed by atoms with Gasteiger partial charge in [0.25, 0.3) is 0 Å². The molecule has 0 aliphatic rings. The second kappa shape index (κ2) is 6.41. The van der Waals surface area contributed by atoms with Gasteiger partial charge in [0.1, 0.15) is 0 Å². The molecule has 1 heterocycles. The predicted octanol–water partition coefficient (Wildman–Crippen LogP) is 4.66. The van der Waals surface area contributed by atoms with Crippen molar-refractivity contribution in [2.75, 3.05) is 6.54 Å². The average molecular weight is 299 g/mol. The van der Waals surface area contributed by atoms with E-state index in [1.807, 2.05) is 11.4 Å². The van der Waals surface area contributed by atoms with Crippen LogP contribution in [0, 0.1) is 0 Å². The van der Waals surface area contributed by atoms with Crippen LogP contribution in [-0.4, -0.2) is 6.54 Å². The van der Waals surface area contributed by atoms with Crippen molar-refractivity contribution in [2.24, 2.45) is 0 Å². The second-order valence-electron chi connectivity index (χ2n) is 4.64. The van der Waals surface area contributed by atoms with Gasteiger partial charge in [0.2, 0.25) is 0 Å². The van der Waals surface area contributed by atoms with Gasteiger partial charge in [-0.05, 0) is 53.9 Å². The van der Waals surface area contributed by atoms with E-state index in [1.54, 1.807) is 24.3 Å². The normalized spacial score (nSPS) is 13.4. The quantitative estimate of drug-likeness (QED) is 0.846. The summed E-state index contributed by atoms with van der Waals surface area (Å²) in [6.45, 7) is 2.42. The third kappa shape index (κ3) is 3.84. The molecule has 1 unspecified atom stereocenters. The molecule has 0 fully saturated rings. The van der Waals surface area contributed by atoms with E-state index in [1.165, 1.54) is 17.7 Å². The molecule has 0 saturated carbocycles. The molecule has 1 aromatic carbocycles. The van der Waals surface area contributed by atoms with Crippen molar-refractivity contribution in [1.29, 1.82) is 0 Å². The van der Waals surface area contributed by atoms with Crippen molar-refractivity contribution < 1.29 is 13.2 Å². The van der Waals surface area contributed by atoms with E-state index in [0.29, 0.717) is 12.1 Å². The zero-order chi connectivity index (χ0) is 14.6. The monoisotopic (exact) mass is 299 g/mol. The molecule has 2 aromatic rings. The van der Waals surface area contributed by atoms with Crippen molar-refractivity contribution in [3.63, 3.8) is 0 Å². The minimum absolute atomic E-state index is 0.297. The first-order valence-electron chi connectivity index (χ1n) is 6.39. The molecule has 1 aromatic heterocycles. The number of alkyl halides is 3. The molecule has 2 rings (SSSR count). The van der Waals surface area contributed by atoms with Crippen molar-refractivity contribution in [2.45, 2.75) is 25.6 Å². The van der Waals surface area contributed by atoms with Crippen LogP contribution in [0.1, 0.15) is 29.7 Å². The molecule has 0 saturated heterocycles. The number of hydrogen-bond donors (Lipinski definition) is 1. The van der Waals surface area contributed by atoms with E-state index in [9.17, 15) is 13.2 Å². The Hall–Kier alpha value is -1.33. The lowest BCUT2D eigenvalue weighted by atomic mass is 10.0. The van der Waals surface area contributed by atoms with Crippen LogP contribution in [0.15, 0.2) is 41.1 Å². The van der Waals surface area contributed by atoms with Gasteiger partial charge in [-0.3, -0.25) is 0 Å². The molecule has 0 aliphatic heterocycles. The largest absolute Gasteiger partial charge is 0.416 e. The number of nitrogens with one attached hydrogen (secondary N) is 1. The van der Waals surface area contributed by atoms with Crippen LogP contribution in [0.2, 0.25) is 0 Å². The van der Waals surface area contributed by atoms with Crippen LogP contribution >= 0.6 is 11.3 Å². The summed E-state index contributed by atoms with van der Waals surface area (Å²) in [5, 5.41) is 7.20. The van der Waals surface area contributed by atoms with E-state index in [0.717, 1.165) is 12.5 Å². The summed E-state index contributed by atoms with van der Waals surface area (Å²) in [4.78, 5) is 0. The van der Waals surface area contributed by atoms with Gasteiger partial charge in [-0.15, -0.1) is 0 Å². The lowest BCUT2D eigenvalue weighted by molar-refractivity contribution is -0.138. The highest BCUT2D eigenvalue weighted by atomic mass is 32.1. The zero-order valence-electron chi connectivity index (χ0n) is 11.1. The highest BCUT2D eigenvalue weighted by Gasteiger charge is 2.33. The number of thiophene rings is 1. The minimum atomic E-state index is -4.31. The van der Waals surface area contributed by atoms with Gasteiger partial charge < -0.3 is 5.32 Å². The van der Waals surface area contributed by atoms with Crippen molar-refractivity contribution in [3.8, 4) is 0 Å². The van der Waals surface area contributed by atoms with E-state index in [4.69, 9.17) is 0 Å². The summed E-state index contributed by atoms with van der Waals surface area (Å²) in [6, 6.07) is 7.43. The summed E-state index contributed by atoms with van der Waals surface area (Å²) in [7, 11) is 0. The Morgan fingerprint density at radius 1 is 1.20 bits per heavy atom. The fraction of sp³-hybridized carbons (Fsp3) is 0.333. The Balaban J connectivity index is 2.00. The molecule has 1 nitrogen and oxygen atoms in total. The molecule has 108 valence electrons. The van der Waals surface area contributed by atoms with Gasteiger partial charge in [0.05, 0.1) is 5.56 Å². The molecule has 0 bridgehead atoms. The topological polar surface area (TPSA) is 12.0 Å². The molecule has 0 spiro atoms. The van der Waals surface area contributed by atoms with Gasteiger partial charge in [0, 0.05) is 6.04 Å². The molecule has 1 atom stereocenters. The Morgan fingerprint density at radius 2 is 1.95 bits per heavy atom. The van der Waals surface area contributed by atoms with Gasteiger partial charge in [-0.2, -0.15) is 24.5 Å². The fourth-order valence-corrected chi connectivity index (χ4v) is 2.81. The lowest BCUT2D eigenvalue weighted by Gasteiger charge is -2.19. The average Bonchev–Trinajstić information content (AvgIpc) is 2.91. The SMILES string of the molecule is CC(NCCc1ccsc1)c1ccccc1C(F)(F)F. The highest BCUT2D eigenvalue weighted by molar-refractivity contribution is 7.07. The maximum Gasteiger partial charge on any atom is 0.416 e. The first kappa shape index (κ1) is 15.1. The van der Waals surface area contributed by atoms with Crippen LogP contribution < -0.4 is 5.32 Å². The molecular weight excluding hydrogens is 283 g/mol. The van der Waals surface area contributed by atoms with Gasteiger partial charge in [-0.1, -0.05) is 18.2 Å². The molecule has 0 radical (unpaired) electrons. The first-order valence-corrected chi connectivity index (χ1v) is 7.33. The van der Waals surface area contributed by atoms with E-state index in [2.05, 4.69) is 10.7 Å². The van der Waals surface area contributed by atoms with Gasteiger partial charge in [0.15, 0.2) is 0 Å². The van der Waals surface area contributed by atoms with Crippen LogP contribution in [-0.2, 0) is 12.6 Å². The van der Waals surface area contributed by atoms with E-state index >= 15 is 0 Å². The summed E-state index contributed by atoms with van der Waals surface area (Å²) in [6.07, 6.45) is -3.48. The Bertz CT molecular complexity index is 534. The number of hydrogen-bond acceptors (Lipinski definition) is 2. The minimum Gasteiger partial charge on any atom is -0.310 e. The Morgan fingerprint density at radius 3 is 2.60 bits per heavy atom. The number of halogens is 3. The van der Waals surface area contributed by atoms with Crippen LogP contribution in [0.25, 0.3) is 0 Å². The third-order valence-electron chi connectivity index (χ3n) is 3.18. The summed E-state index contributed by atoms with van der Waals surface area (Å²) >= 11 is 1.62. The molecule has 5 heteroatoms. The maximum absolute atomic E-state index is 12.9. The summed E-state index contributed by atoms with van der Waals surface area (Å²) in [5.41, 5.74) is 0.944. The smallest absolute Gasteiger partial charge is 0.310 e. The maximum atomic E-state index is 12.9.